The molecule has 1 aliphatic heterocycles. The molecule has 0 saturated carbocycles. The van der Waals surface area contributed by atoms with E-state index in [1.807, 2.05) is 12.1 Å². The van der Waals surface area contributed by atoms with Gasteiger partial charge in [-0.1, -0.05) is 11.6 Å². The van der Waals surface area contributed by atoms with E-state index in [-0.39, 0.29) is 29.9 Å². The number of hydrogen-bond acceptors (Lipinski definition) is 6. The number of aryl methyl sites for hydroxylation is 2. The molecule has 0 radical (unpaired) electrons. The Morgan fingerprint density at radius 3 is 2.80 bits per heavy atom. The van der Waals surface area contributed by atoms with Crippen LogP contribution in [0.4, 0.5) is 5.82 Å². The van der Waals surface area contributed by atoms with Crippen LogP contribution in [0.5, 0.6) is 0 Å². The van der Waals surface area contributed by atoms with Gasteiger partial charge in [-0.25, -0.2) is 18.1 Å². The molecule has 1 unspecified atom stereocenters. The van der Waals surface area contributed by atoms with E-state index in [4.69, 9.17) is 16.0 Å². The van der Waals surface area contributed by atoms with E-state index in [1.165, 1.54) is 0 Å². The van der Waals surface area contributed by atoms with Crippen molar-refractivity contribution in [1.29, 1.82) is 0 Å². The van der Waals surface area contributed by atoms with Crippen LogP contribution in [0.1, 0.15) is 30.5 Å². The number of amides is 1. The van der Waals surface area contributed by atoms with Crippen molar-refractivity contribution in [1.82, 2.24) is 14.8 Å². The van der Waals surface area contributed by atoms with Gasteiger partial charge in [0.1, 0.15) is 5.82 Å². The van der Waals surface area contributed by atoms with Crippen molar-refractivity contribution >= 4 is 33.2 Å². The SMILES string of the molecule is Cc1cc(NC(=O)CCc2ncc(-c3ccc(Cl)cc3)o2)n(C2CCS(=O)(=O)C2)n1. The van der Waals surface area contributed by atoms with Gasteiger partial charge in [-0.3, -0.25) is 4.79 Å². The fourth-order valence-electron chi connectivity index (χ4n) is 3.46. The van der Waals surface area contributed by atoms with Gasteiger partial charge in [0.15, 0.2) is 21.5 Å². The third kappa shape index (κ3) is 4.73. The summed E-state index contributed by atoms with van der Waals surface area (Å²) in [6, 6.07) is 8.71. The first-order valence-electron chi connectivity index (χ1n) is 9.56. The maximum absolute atomic E-state index is 12.4. The fourth-order valence-corrected chi connectivity index (χ4v) is 5.27. The molecule has 1 fully saturated rings. The normalized spacial score (nSPS) is 17.9. The van der Waals surface area contributed by atoms with Crippen molar-refractivity contribution in [2.75, 3.05) is 16.8 Å². The molecule has 1 amide bonds. The van der Waals surface area contributed by atoms with Gasteiger partial charge in [-0.2, -0.15) is 5.10 Å². The van der Waals surface area contributed by atoms with Crippen molar-refractivity contribution in [2.24, 2.45) is 0 Å². The van der Waals surface area contributed by atoms with Crippen LogP contribution in [0.25, 0.3) is 11.3 Å². The van der Waals surface area contributed by atoms with Crippen molar-refractivity contribution in [3.63, 3.8) is 0 Å². The second-order valence-electron chi connectivity index (χ2n) is 7.35. The molecule has 4 rings (SSSR count). The van der Waals surface area contributed by atoms with Crippen LogP contribution < -0.4 is 5.32 Å². The lowest BCUT2D eigenvalue weighted by Crippen LogP contribution is -2.19. The Bertz CT molecular complexity index is 1170. The second-order valence-corrected chi connectivity index (χ2v) is 10.0. The lowest BCUT2D eigenvalue weighted by atomic mass is 10.2. The minimum atomic E-state index is -3.05. The van der Waals surface area contributed by atoms with Gasteiger partial charge >= 0.3 is 0 Å². The molecule has 3 heterocycles. The average molecular weight is 449 g/mol. The van der Waals surface area contributed by atoms with Crippen molar-refractivity contribution in [3.05, 3.63) is 53.1 Å². The van der Waals surface area contributed by atoms with Crippen LogP contribution in [0.15, 0.2) is 40.9 Å². The number of benzene rings is 1. The first kappa shape index (κ1) is 20.6. The maximum Gasteiger partial charge on any atom is 0.226 e. The van der Waals surface area contributed by atoms with E-state index in [2.05, 4.69) is 15.4 Å². The molecule has 1 aromatic carbocycles. The molecule has 0 spiro atoms. The molecule has 0 bridgehead atoms. The third-order valence-electron chi connectivity index (χ3n) is 4.93. The van der Waals surface area contributed by atoms with Gasteiger partial charge in [-0.15, -0.1) is 0 Å². The monoisotopic (exact) mass is 448 g/mol. The fraction of sp³-hybridized carbons (Fsp3) is 0.350. The summed E-state index contributed by atoms with van der Waals surface area (Å²) in [5, 5.41) is 7.84. The molecule has 8 nitrogen and oxygen atoms in total. The quantitative estimate of drug-likeness (QED) is 0.619. The summed E-state index contributed by atoms with van der Waals surface area (Å²) in [5.41, 5.74) is 1.57. The number of rotatable bonds is 6. The predicted octanol–water partition coefficient (Wildman–Crippen LogP) is 3.43. The van der Waals surface area contributed by atoms with E-state index >= 15 is 0 Å². The molecule has 1 atom stereocenters. The number of hydrogen-bond donors (Lipinski definition) is 1. The number of aromatic nitrogens is 3. The van der Waals surface area contributed by atoms with Gasteiger partial charge in [0.2, 0.25) is 5.91 Å². The summed E-state index contributed by atoms with van der Waals surface area (Å²) in [5.74, 6) is 1.54. The number of halogens is 1. The maximum atomic E-state index is 12.4. The lowest BCUT2D eigenvalue weighted by Gasteiger charge is -2.13. The predicted molar refractivity (Wildman–Crippen MR) is 113 cm³/mol. The summed E-state index contributed by atoms with van der Waals surface area (Å²) >= 11 is 5.90. The molecule has 30 heavy (non-hydrogen) atoms. The highest BCUT2D eigenvalue weighted by molar-refractivity contribution is 7.91. The summed E-state index contributed by atoms with van der Waals surface area (Å²) in [6.07, 6.45) is 2.63. The zero-order valence-corrected chi connectivity index (χ0v) is 17.9. The Labute approximate surface area is 179 Å². The molecular weight excluding hydrogens is 428 g/mol. The van der Waals surface area contributed by atoms with Gasteiger partial charge in [-0.05, 0) is 37.6 Å². The minimum absolute atomic E-state index is 0.0424. The molecular formula is C20H21ClN4O4S. The number of oxazole rings is 1. The zero-order valence-electron chi connectivity index (χ0n) is 16.3. The number of nitrogens with zero attached hydrogens (tertiary/aromatic N) is 3. The highest BCUT2D eigenvalue weighted by Gasteiger charge is 2.31. The molecule has 1 aliphatic rings. The molecule has 1 N–H and O–H groups in total. The van der Waals surface area contributed by atoms with E-state index < -0.39 is 9.84 Å². The molecule has 158 valence electrons. The Kier molecular flexibility index (Phi) is 5.66. The molecule has 10 heteroatoms. The van der Waals surface area contributed by atoms with Gasteiger partial charge in [0.05, 0.1) is 29.4 Å². The van der Waals surface area contributed by atoms with E-state index in [0.717, 1.165) is 11.3 Å². The molecule has 0 aliphatic carbocycles. The summed E-state index contributed by atoms with van der Waals surface area (Å²) in [6.45, 7) is 1.81. The minimum Gasteiger partial charge on any atom is -0.441 e. The van der Waals surface area contributed by atoms with Gasteiger partial charge < -0.3 is 9.73 Å². The largest absolute Gasteiger partial charge is 0.441 e. The van der Waals surface area contributed by atoms with Crippen molar-refractivity contribution in [3.8, 4) is 11.3 Å². The highest BCUT2D eigenvalue weighted by atomic mass is 35.5. The number of anilines is 1. The third-order valence-corrected chi connectivity index (χ3v) is 6.93. The van der Waals surface area contributed by atoms with Crippen LogP contribution in [0.2, 0.25) is 5.02 Å². The zero-order chi connectivity index (χ0) is 21.3. The lowest BCUT2D eigenvalue weighted by molar-refractivity contribution is -0.116. The Hall–Kier alpha value is -2.65. The topological polar surface area (TPSA) is 107 Å². The van der Waals surface area contributed by atoms with E-state index in [9.17, 15) is 13.2 Å². The Balaban J connectivity index is 1.37. The van der Waals surface area contributed by atoms with Crippen LogP contribution in [-0.4, -0.2) is 40.6 Å². The van der Waals surface area contributed by atoms with Crippen molar-refractivity contribution in [2.45, 2.75) is 32.2 Å². The second kappa shape index (κ2) is 8.23. The Morgan fingerprint density at radius 2 is 2.10 bits per heavy atom. The van der Waals surface area contributed by atoms with E-state index in [1.54, 1.807) is 36.0 Å². The number of carbonyl (C=O) groups is 1. The summed E-state index contributed by atoms with van der Waals surface area (Å²) in [7, 11) is -3.05. The van der Waals surface area contributed by atoms with Crippen LogP contribution >= 0.6 is 11.6 Å². The number of nitrogens with one attached hydrogen (secondary N) is 1. The van der Waals surface area contributed by atoms with Crippen LogP contribution in [-0.2, 0) is 21.1 Å². The van der Waals surface area contributed by atoms with Crippen molar-refractivity contribution < 1.29 is 17.6 Å². The molecule has 2 aromatic heterocycles. The van der Waals surface area contributed by atoms with Crippen LogP contribution in [0, 0.1) is 6.92 Å². The molecule has 1 saturated heterocycles. The van der Waals surface area contributed by atoms with Gasteiger partial charge in [0.25, 0.3) is 0 Å². The van der Waals surface area contributed by atoms with E-state index in [0.29, 0.717) is 35.3 Å². The summed E-state index contributed by atoms with van der Waals surface area (Å²) < 4.78 is 30.9. The highest BCUT2D eigenvalue weighted by Crippen LogP contribution is 2.27. The first-order chi connectivity index (χ1) is 14.3. The van der Waals surface area contributed by atoms with Gasteiger partial charge in [0, 0.05) is 29.5 Å². The first-order valence-corrected chi connectivity index (χ1v) is 11.8. The number of sulfone groups is 1. The summed E-state index contributed by atoms with van der Waals surface area (Å²) in [4.78, 5) is 16.7. The number of carbonyl (C=O) groups excluding carboxylic acids is 1. The smallest absolute Gasteiger partial charge is 0.226 e. The Morgan fingerprint density at radius 1 is 1.33 bits per heavy atom. The molecule has 3 aromatic rings. The van der Waals surface area contributed by atoms with Crippen LogP contribution in [0.3, 0.4) is 0 Å². The standard InChI is InChI=1S/C20H21ClN4O4S/c1-13-10-18(25(24-13)16-8-9-30(27,28)12-16)23-19(26)6-7-20-22-11-17(29-20)14-2-4-15(21)5-3-14/h2-5,10-11,16H,6-9,12H2,1H3,(H,23,26). The average Bonchev–Trinajstić information content (AvgIpc) is 3.39.